The number of aliphatic hydroxyl groups excluding tert-OH is 1. The van der Waals surface area contributed by atoms with Gasteiger partial charge in [-0.05, 0) is 49.4 Å². The van der Waals surface area contributed by atoms with Crippen molar-refractivity contribution in [3.05, 3.63) is 24.3 Å². The molecule has 1 heterocycles. The first-order valence-electron chi connectivity index (χ1n) is 7.03. The van der Waals surface area contributed by atoms with E-state index in [1.54, 1.807) is 7.11 Å². The highest BCUT2D eigenvalue weighted by molar-refractivity contribution is 5.89. The Labute approximate surface area is 119 Å². The van der Waals surface area contributed by atoms with Gasteiger partial charge in [0.05, 0.1) is 7.11 Å². The highest BCUT2D eigenvalue weighted by Crippen LogP contribution is 2.21. The first-order valence-corrected chi connectivity index (χ1v) is 7.03. The zero-order valence-corrected chi connectivity index (χ0v) is 11.8. The molecule has 1 aliphatic rings. The van der Waals surface area contributed by atoms with Crippen LogP contribution in [0.25, 0.3) is 0 Å². The number of rotatable bonds is 4. The van der Waals surface area contributed by atoms with Gasteiger partial charge < -0.3 is 20.1 Å². The standard InChI is InChI=1S/C15H22N2O3/c1-20-14-6-4-13(5-7-14)16-15(19)17-9-2-3-12(11-17)8-10-18/h4-7,12,18H,2-3,8-11H2,1H3,(H,16,19). The molecule has 1 fully saturated rings. The summed E-state index contributed by atoms with van der Waals surface area (Å²) in [5.41, 5.74) is 0.764. The average molecular weight is 278 g/mol. The molecule has 0 bridgehead atoms. The summed E-state index contributed by atoms with van der Waals surface area (Å²) in [4.78, 5) is 14.0. The Bertz CT molecular complexity index is 431. The molecule has 0 aliphatic carbocycles. The minimum Gasteiger partial charge on any atom is -0.497 e. The molecule has 2 amide bonds. The number of piperidine rings is 1. The smallest absolute Gasteiger partial charge is 0.321 e. The Morgan fingerprint density at radius 2 is 2.20 bits per heavy atom. The second-order valence-corrected chi connectivity index (χ2v) is 5.13. The van der Waals surface area contributed by atoms with Crippen LogP contribution in [0, 0.1) is 5.92 Å². The van der Waals surface area contributed by atoms with Crippen LogP contribution in [0.2, 0.25) is 0 Å². The van der Waals surface area contributed by atoms with E-state index in [1.807, 2.05) is 29.2 Å². The van der Waals surface area contributed by atoms with Gasteiger partial charge in [0.25, 0.3) is 0 Å². The first-order chi connectivity index (χ1) is 9.72. The number of amides is 2. The summed E-state index contributed by atoms with van der Waals surface area (Å²) in [6.07, 6.45) is 2.86. The maximum Gasteiger partial charge on any atom is 0.321 e. The predicted molar refractivity (Wildman–Crippen MR) is 78.0 cm³/mol. The molecule has 5 heteroatoms. The lowest BCUT2D eigenvalue weighted by molar-refractivity contribution is 0.159. The van der Waals surface area contributed by atoms with Gasteiger partial charge in [-0.15, -0.1) is 0 Å². The maximum atomic E-state index is 12.2. The molecule has 1 unspecified atom stereocenters. The van der Waals surface area contributed by atoms with Crippen molar-refractivity contribution in [2.24, 2.45) is 5.92 Å². The summed E-state index contributed by atoms with van der Waals surface area (Å²) >= 11 is 0. The van der Waals surface area contributed by atoms with Crippen molar-refractivity contribution in [3.8, 4) is 5.75 Å². The van der Waals surface area contributed by atoms with Crippen LogP contribution in [0.1, 0.15) is 19.3 Å². The zero-order valence-electron chi connectivity index (χ0n) is 11.8. The third kappa shape index (κ3) is 3.87. The molecule has 20 heavy (non-hydrogen) atoms. The summed E-state index contributed by atoms with van der Waals surface area (Å²) in [6, 6.07) is 7.22. The Hall–Kier alpha value is -1.75. The number of likely N-dealkylation sites (tertiary alicyclic amines) is 1. The topological polar surface area (TPSA) is 61.8 Å². The van der Waals surface area contributed by atoms with Gasteiger partial charge in [-0.3, -0.25) is 0 Å². The monoisotopic (exact) mass is 278 g/mol. The minimum absolute atomic E-state index is 0.0715. The number of benzene rings is 1. The molecule has 1 aromatic rings. The fraction of sp³-hybridized carbons (Fsp3) is 0.533. The third-order valence-electron chi connectivity index (χ3n) is 3.68. The van der Waals surface area contributed by atoms with E-state index in [4.69, 9.17) is 9.84 Å². The van der Waals surface area contributed by atoms with Crippen LogP contribution < -0.4 is 10.1 Å². The van der Waals surface area contributed by atoms with Crippen LogP contribution in [0.5, 0.6) is 5.75 Å². The van der Waals surface area contributed by atoms with Crippen LogP contribution >= 0.6 is 0 Å². The van der Waals surface area contributed by atoms with E-state index >= 15 is 0 Å². The van der Waals surface area contributed by atoms with Crippen LogP contribution in [-0.4, -0.2) is 42.8 Å². The normalized spacial score (nSPS) is 18.7. The molecule has 2 rings (SSSR count). The van der Waals surface area contributed by atoms with Gasteiger partial charge in [0.15, 0.2) is 0 Å². The maximum absolute atomic E-state index is 12.2. The van der Waals surface area contributed by atoms with Crippen molar-refractivity contribution < 1.29 is 14.6 Å². The number of nitrogens with zero attached hydrogens (tertiary/aromatic N) is 1. The number of carbonyl (C=O) groups is 1. The number of ether oxygens (including phenoxy) is 1. The molecule has 110 valence electrons. The van der Waals surface area contributed by atoms with Crippen molar-refractivity contribution in [1.29, 1.82) is 0 Å². The van der Waals surface area contributed by atoms with E-state index in [0.29, 0.717) is 5.92 Å². The number of urea groups is 1. The summed E-state index contributed by atoms with van der Waals surface area (Å²) in [5.74, 6) is 1.18. The molecule has 0 spiro atoms. The van der Waals surface area contributed by atoms with E-state index in [-0.39, 0.29) is 12.6 Å². The molecule has 1 atom stereocenters. The van der Waals surface area contributed by atoms with Gasteiger partial charge >= 0.3 is 6.03 Å². The van der Waals surface area contributed by atoms with E-state index in [2.05, 4.69) is 5.32 Å². The number of methoxy groups -OCH3 is 1. The van der Waals surface area contributed by atoms with Gasteiger partial charge in [0.2, 0.25) is 0 Å². The Morgan fingerprint density at radius 3 is 2.85 bits per heavy atom. The molecule has 0 saturated carbocycles. The number of nitrogens with one attached hydrogen (secondary N) is 1. The molecule has 0 radical (unpaired) electrons. The minimum atomic E-state index is -0.0715. The Morgan fingerprint density at radius 1 is 1.45 bits per heavy atom. The van der Waals surface area contributed by atoms with Gasteiger partial charge in [-0.25, -0.2) is 4.79 Å². The molecular weight excluding hydrogens is 256 g/mol. The second kappa shape index (κ2) is 7.14. The number of aliphatic hydroxyl groups is 1. The SMILES string of the molecule is COc1ccc(NC(=O)N2CCCC(CCO)C2)cc1. The number of carbonyl (C=O) groups excluding carboxylic acids is 1. The fourth-order valence-corrected chi connectivity index (χ4v) is 2.54. The van der Waals surface area contributed by atoms with E-state index in [1.165, 1.54) is 0 Å². The largest absolute Gasteiger partial charge is 0.497 e. The van der Waals surface area contributed by atoms with Crippen molar-refractivity contribution in [1.82, 2.24) is 4.90 Å². The third-order valence-corrected chi connectivity index (χ3v) is 3.68. The van der Waals surface area contributed by atoms with Gasteiger partial charge in [-0.1, -0.05) is 0 Å². The van der Waals surface area contributed by atoms with Crippen molar-refractivity contribution in [3.63, 3.8) is 0 Å². The summed E-state index contributed by atoms with van der Waals surface area (Å²) < 4.78 is 5.08. The van der Waals surface area contributed by atoms with Crippen molar-refractivity contribution >= 4 is 11.7 Å². The van der Waals surface area contributed by atoms with Crippen molar-refractivity contribution in [2.45, 2.75) is 19.3 Å². The number of anilines is 1. The second-order valence-electron chi connectivity index (χ2n) is 5.13. The Balaban J connectivity index is 1.89. The van der Waals surface area contributed by atoms with E-state index in [0.717, 1.165) is 43.8 Å². The van der Waals surface area contributed by atoms with Crippen LogP contribution in [0.4, 0.5) is 10.5 Å². The zero-order chi connectivity index (χ0) is 14.4. The highest BCUT2D eigenvalue weighted by atomic mass is 16.5. The summed E-state index contributed by atoms with van der Waals surface area (Å²) in [5, 5.41) is 11.9. The van der Waals surface area contributed by atoms with Crippen LogP contribution in [-0.2, 0) is 0 Å². The molecule has 0 aromatic heterocycles. The molecule has 5 nitrogen and oxygen atoms in total. The quantitative estimate of drug-likeness (QED) is 0.888. The van der Waals surface area contributed by atoms with Gasteiger partial charge in [0.1, 0.15) is 5.75 Å². The van der Waals surface area contributed by atoms with Crippen molar-refractivity contribution in [2.75, 3.05) is 32.1 Å². The summed E-state index contributed by atoms with van der Waals surface area (Å²) in [7, 11) is 1.61. The highest BCUT2D eigenvalue weighted by Gasteiger charge is 2.23. The molecule has 1 aliphatic heterocycles. The number of hydrogen-bond acceptors (Lipinski definition) is 3. The summed E-state index contributed by atoms with van der Waals surface area (Å²) in [6.45, 7) is 1.70. The van der Waals surface area contributed by atoms with Crippen LogP contribution in [0.3, 0.4) is 0 Å². The lowest BCUT2D eigenvalue weighted by Gasteiger charge is -2.32. The average Bonchev–Trinajstić information content (AvgIpc) is 2.48. The molecule has 2 N–H and O–H groups in total. The Kier molecular flexibility index (Phi) is 5.24. The van der Waals surface area contributed by atoms with Crippen LogP contribution in [0.15, 0.2) is 24.3 Å². The predicted octanol–water partition coefficient (Wildman–Crippen LogP) is 2.32. The molecular formula is C15H22N2O3. The lowest BCUT2D eigenvalue weighted by atomic mass is 9.95. The number of hydrogen-bond donors (Lipinski definition) is 2. The lowest BCUT2D eigenvalue weighted by Crippen LogP contribution is -2.42. The van der Waals surface area contributed by atoms with Gasteiger partial charge in [0, 0.05) is 25.4 Å². The van der Waals surface area contributed by atoms with E-state index in [9.17, 15) is 4.79 Å². The molecule has 1 aromatic carbocycles. The first kappa shape index (κ1) is 14.7. The fourth-order valence-electron chi connectivity index (χ4n) is 2.54. The molecule has 1 saturated heterocycles. The van der Waals surface area contributed by atoms with Gasteiger partial charge in [-0.2, -0.15) is 0 Å². The van der Waals surface area contributed by atoms with E-state index < -0.39 is 0 Å².